The van der Waals surface area contributed by atoms with Crippen molar-refractivity contribution < 1.29 is 17.9 Å². The number of carbonyl (C=O) groups excluding carboxylic acids is 1. The van der Waals surface area contributed by atoms with Crippen molar-refractivity contribution in [3.63, 3.8) is 0 Å². The van der Waals surface area contributed by atoms with E-state index in [-0.39, 0.29) is 30.0 Å². The summed E-state index contributed by atoms with van der Waals surface area (Å²) in [6, 6.07) is 7.83. The molecule has 2 aliphatic heterocycles. The van der Waals surface area contributed by atoms with Crippen molar-refractivity contribution in [1.82, 2.24) is 9.21 Å². The third-order valence-electron chi connectivity index (χ3n) is 4.38. The number of rotatable bonds is 3. The Hall–Kier alpha value is -1.95. The van der Waals surface area contributed by atoms with Crippen LogP contribution in [0, 0.1) is 11.3 Å². The molecule has 1 aromatic rings. The van der Waals surface area contributed by atoms with Crippen LogP contribution in [0.15, 0.2) is 29.2 Å². The number of nitriles is 1. The lowest BCUT2D eigenvalue weighted by atomic mass is 10.2. The van der Waals surface area contributed by atoms with Gasteiger partial charge in [-0.15, -0.1) is 0 Å². The highest BCUT2D eigenvalue weighted by atomic mass is 32.2. The van der Waals surface area contributed by atoms with Crippen LogP contribution in [0.2, 0.25) is 0 Å². The molecule has 1 aromatic carbocycles. The fourth-order valence-corrected chi connectivity index (χ4v) is 4.40. The van der Waals surface area contributed by atoms with Crippen molar-refractivity contribution in [3.8, 4) is 6.07 Å². The summed E-state index contributed by atoms with van der Waals surface area (Å²) in [5.74, 6) is -0.0390. The van der Waals surface area contributed by atoms with Gasteiger partial charge >= 0.3 is 0 Å². The van der Waals surface area contributed by atoms with Gasteiger partial charge in [-0.1, -0.05) is 0 Å². The number of sulfonamides is 1. The average Bonchev–Trinajstić information content (AvgIpc) is 3.16. The van der Waals surface area contributed by atoms with Gasteiger partial charge in [0, 0.05) is 32.8 Å². The molecule has 0 bridgehead atoms. The molecule has 1 atom stereocenters. The Bertz CT molecular complexity index is 741. The molecule has 0 spiro atoms. The first-order valence-corrected chi connectivity index (χ1v) is 9.37. The second-order valence-corrected chi connectivity index (χ2v) is 7.81. The minimum atomic E-state index is -3.60. The summed E-state index contributed by atoms with van der Waals surface area (Å²) in [5, 5.41) is 8.79. The molecule has 128 valence electrons. The van der Waals surface area contributed by atoms with Crippen LogP contribution in [0.5, 0.6) is 0 Å². The number of piperazine rings is 1. The molecule has 1 amide bonds. The van der Waals surface area contributed by atoms with Gasteiger partial charge in [0.1, 0.15) is 6.10 Å². The van der Waals surface area contributed by atoms with E-state index in [0.717, 1.165) is 12.8 Å². The standard InChI is InChI=1S/C16H19N3O4S/c17-12-13-3-5-14(6-4-13)24(21,22)19-9-7-18(8-10-19)16(20)15-2-1-11-23-15/h3-6,15H,1-2,7-11H2. The van der Waals surface area contributed by atoms with Gasteiger partial charge in [0.15, 0.2) is 0 Å². The second kappa shape index (κ2) is 6.89. The van der Waals surface area contributed by atoms with Crippen molar-refractivity contribution in [2.45, 2.75) is 23.8 Å². The largest absolute Gasteiger partial charge is 0.368 e. The summed E-state index contributed by atoms with van der Waals surface area (Å²) >= 11 is 0. The fraction of sp³-hybridized carbons (Fsp3) is 0.500. The van der Waals surface area contributed by atoms with E-state index >= 15 is 0 Å². The van der Waals surface area contributed by atoms with E-state index < -0.39 is 10.0 Å². The lowest BCUT2D eigenvalue weighted by Gasteiger charge is -2.35. The highest BCUT2D eigenvalue weighted by molar-refractivity contribution is 7.89. The lowest BCUT2D eigenvalue weighted by Crippen LogP contribution is -2.52. The Balaban J connectivity index is 1.64. The molecule has 2 aliphatic rings. The van der Waals surface area contributed by atoms with Crippen molar-refractivity contribution in [1.29, 1.82) is 5.26 Å². The molecule has 3 rings (SSSR count). The van der Waals surface area contributed by atoms with E-state index in [1.807, 2.05) is 6.07 Å². The number of benzene rings is 1. The molecule has 2 fully saturated rings. The van der Waals surface area contributed by atoms with Crippen LogP contribution in [0.3, 0.4) is 0 Å². The number of hydrogen-bond donors (Lipinski definition) is 0. The van der Waals surface area contributed by atoms with Gasteiger partial charge in [-0.05, 0) is 37.1 Å². The molecular formula is C16H19N3O4S. The monoisotopic (exact) mass is 349 g/mol. The average molecular weight is 349 g/mol. The topological polar surface area (TPSA) is 90.7 Å². The molecule has 0 saturated carbocycles. The molecular weight excluding hydrogens is 330 g/mol. The molecule has 0 aromatic heterocycles. The third kappa shape index (κ3) is 3.29. The van der Waals surface area contributed by atoms with Gasteiger partial charge in [0.2, 0.25) is 10.0 Å². The molecule has 0 N–H and O–H groups in total. The highest BCUT2D eigenvalue weighted by Gasteiger charge is 2.33. The maximum atomic E-state index is 12.6. The number of carbonyl (C=O) groups is 1. The molecule has 0 aliphatic carbocycles. The minimum Gasteiger partial charge on any atom is -0.368 e. The highest BCUT2D eigenvalue weighted by Crippen LogP contribution is 2.20. The maximum Gasteiger partial charge on any atom is 0.251 e. The first-order chi connectivity index (χ1) is 11.5. The third-order valence-corrected chi connectivity index (χ3v) is 6.29. The number of ether oxygens (including phenoxy) is 1. The van der Waals surface area contributed by atoms with Gasteiger partial charge < -0.3 is 9.64 Å². The van der Waals surface area contributed by atoms with Gasteiger partial charge in [-0.3, -0.25) is 4.79 Å². The molecule has 0 radical (unpaired) electrons. The van der Waals surface area contributed by atoms with E-state index in [2.05, 4.69) is 0 Å². The van der Waals surface area contributed by atoms with E-state index in [0.29, 0.717) is 25.3 Å². The predicted molar refractivity (Wildman–Crippen MR) is 85.5 cm³/mol. The number of hydrogen-bond acceptors (Lipinski definition) is 5. The molecule has 24 heavy (non-hydrogen) atoms. The lowest BCUT2D eigenvalue weighted by molar-refractivity contribution is -0.142. The van der Waals surface area contributed by atoms with E-state index in [9.17, 15) is 13.2 Å². The molecule has 8 heteroatoms. The molecule has 2 heterocycles. The SMILES string of the molecule is N#Cc1ccc(S(=O)(=O)N2CCN(C(=O)C3CCCO3)CC2)cc1. The summed E-state index contributed by atoms with van der Waals surface area (Å²) in [7, 11) is -3.60. The zero-order chi connectivity index (χ0) is 17.2. The summed E-state index contributed by atoms with van der Waals surface area (Å²) in [5.41, 5.74) is 0.418. The van der Waals surface area contributed by atoms with Crippen molar-refractivity contribution in [2.24, 2.45) is 0 Å². The van der Waals surface area contributed by atoms with Crippen LogP contribution in [-0.2, 0) is 19.6 Å². The van der Waals surface area contributed by atoms with Crippen molar-refractivity contribution in [2.75, 3.05) is 32.8 Å². The van der Waals surface area contributed by atoms with Gasteiger partial charge in [0.25, 0.3) is 5.91 Å². The van der Waals surface area contributed by atoms with Crippen LogP contribution < -0.4 is 0 Å². The fourth-order valence-electron chi connectivity index (χ4n) is 2.98. The van der Waals surface area contributed by atoms with Crippen LogP contribution >= 0.6 is 0 Å². The van der Waals surface area contributed by atoms with Gasteiger partial charge in [0.05, 0.1) is 16.5 Å². The Morgan fingerprint density at radius 3 is 2.38 bits per heavy atom. The zero-order valence-electron chi connectivity index (χ0n) is 13.2. The van der Waals surface area contributed by atoms with Gasteiger partial charge in [-0.25, -0.2) is 8.42 Å². The number of amides is 1. The Morgan fingerprint density at radius 2 is 1.83 bits per heavy atom. The Labute approximate surface area is 141 Å². The van der Waals surface area contributed by atoms with E-state index in [1.165, 1.54) is 28.6 Å². The van der Waals surface area contributed by atoms with Crippen LogP contribution in [-0.4, -0.2) is 62.4 Å². The summed E-state index contributed by atoms with van der Waals surface area (Å²) < 4.78 is 32.1. The van der Waals surface area contributed by atoms with Crippen LogP contribution in [0.25, 0.3) is 0 Å². The minimum absolute atomic E-state index is 0.0390. The Morgan fingerprint density at radius 1 is 1.17 bits per heavy atom. The molecule has 1 unspecified atom stereocenters. The zero-order valence-corrected chi connectivity index (χ0v) is 14.0. The maximum absolute atomic E-state index is 12.6. The van der Waals surface area contributed by atoms with Crippen molar-refractivity contribution >= 4 is 15.9 Å². The Kier molecular flexibility index (Phi) is 4.85. The quantitative estimate of drug-likeness (QED) is 0.796. The summed E-state index contributed by atoms with van der Waals surface area (Å²) in [6.45, 7) is 1.88. The summed E-state index contributed by atoms with van der Waals surface area (Å²) in [6.07, 6.45) is 1.26. The van der Waals surface area contributed by atoms with E-state index in [1.54, 1.807) is 4.90 Å². The van der Waals surface area contributed by atoms with Crippen LogP contribution in [0.1, 0.15) is 18.4 Å². The number of nitrogens with zero attached hydrogens (tertiary/aromatic N) is 3. The second-order valence-electron chi connectivity index (χ2n) is 5.87. The van der Waals surface area contributed by atoms with E-state index in [4.69, 9.17) is 10.00 Å². The summed E-state index contributed by atoms with van der Waals surface area (Å²) in [4.78, 5) is 14.1. The van der Waals surface area contributed by atoms with Crippen molar-refractivity contribution in [3.05, 3.63) is 29.8 Å². The molecule has 7 nitrogen and oxygen atoms in total. The van der Waals surface area contributed by atoms with Crippen LogP contribution in [0.4, 0.5) is 0 Å². The predicted octanol–water partition coefficient (Wildman–Crippen LogP) is 0.570. The smallest absolute Gasteiger partial charge is 0.251 e. The first-order valence-electron chi connectivity index (χ1n) is 7.93. The van der Waals surface area contributed by atoms with Gasteiger partial charge in [-0.2, -0.15) is 9.57 Å². The normalized spacial score (nSPS) is 22.3. The first kappa shape index (κ1) is 16.9. The molecule has 2 saturated heterocycles.